The van der Waals surface area contributed by atoms with Gasteiger partial charge in [-0.15, -0.1) is 0 Å². The van der Waals surface area contributed by atoms with E-state index in [0.29, 0.717) is 9.99 Å². The molecular formula is C15H15N3O4S. The van der Waals surface area contributed by atoms with E-state index in [9.17, 15) is 18.0 Å². The Balaban J connectivity index is 2.14. The van der Waals surface area contributed by atoms with Crippen LogP contribution < -0.4 is 14.9 Å². The Kier molecular flexibility index (Phi) is 4.97. The molecule has 0 saturated carbocycles. The summed E-state index contributed by atoms with van der Waals surface area (Å²) in [4.78, 5) is 24.0. The predicted octanol–water partition coefficient (Wildman–Crippen LogP) is 2.39. The zero-order valence-electron chi connectivity index (χ0n) is 12.3. The van der Waals surface area contributed by atoms with Crippen molar-refractivity contribution in [3.8, 4) is 0 Å². The minimum Gasteiger partial charge on any atom is -0.308 e. The van der Waals surface area contributed by atoms with Gasteiger partial charge in [0.2, 0.25) is 10.0 Å². The number of urea groups is 2. The number of anilines is 2. The second-order valence-electron chi connectivity index (χ2n) is 4.61. The maximum absolute atomic E-state index is 12.2. The lowest BCUT2D eigenvalue weighted by Gasteiger charge is -2.20. The van der Waals surface area contributed by atoms with Crippen molar-refractivity contribution in [1.82, 2.24) is 5.32 Å². The van der Waals surface area contributed by atoms with E-state index in [-0.39, 0.29) is 5.69 Å². The fraction of sp³-hybridized carbons (Fsp3) is 0.0667. The topological polar surface area (TPSA) is 95.6 Å². The third-order valence-corrected chi connectivity index (χ3v) is 3.80. The lowest BCUT2D eigenvalue weighted by atomic mass is 10.3. The fourth-order valence-corrected chi connectivity index (χ4v) is 2.71. The third-order valence-electron chi connectivity index (χ3n) is 2.76. The molecule has 2 rings (SSSR count). The normalized spacial score (nSPS) is 10.7. The van der Waals surface area contributed by atoms with Crippen LogP contribution in [0.1, 0.15) is 0 Å². The Morgan fingerprint density at radius 1 is 0.913 bits per heavy atom. The van der Waals surface area contributed by atoms with Gasteiger partial charge in [-0.3, -0.25) is 5.32 Å². The molecule has 0 bridgehead atoms. The summed E-state index contributed by atoms with van der Waals surface area (Å²) >= 11 is 0. The van der Waals surface area contributed by atoms with Crippen molar-refractivity contribution in [2.75, 3.05) is 15.9 Å². The van der Waals surface area contributed by atoms with E-state index >= 15 is 0 Å². The molecule has 0 aliphatic rings. The second kappa shape index (κ2) is 6.93. The van der Waals surface area contributed by atoms with Gasteiger partial charge in [0.05, 0.1) is 11.9 Å². The van der Waals surface area contributed by atoms with E-state index in [1.54, 1.807) is 48.5 Å². The van der Waals surface area contributed by atoms with Gasteiger partial charge in [-0.1, -0.05) is 36.4 Å². The SMILES string of the molecule is CS(=O)(=O)N(C(=O)NC(=O)Nc1ccccc1)c1ccccc1. The number of carbonyl (C=O) groups excluding carboxylic acids is 2. The molecular weight excluding hydrogens is 318 g/mol. The Morgan fingerprint density at radius 3 is 1.96 bits per heavy atom. The zero-order chi connectivity index (χ0) is 16.9. The average Bonchev–Trinajstić information content (AvgIpc) is 2.47. The number of rotatable bonds is 3. The van der Waals surface area contributed by atoms with Crippen molar-refractivity contribution in [2.45, 2.75) is 0 Å². The van der Waals surface area contributed by atoms with Crippen LogP contribution in [-0.4, -0.2) is 26.7 Å². The molecule has 0 unspecified atom stereocenters. The van der Waals surface area contributed by atoms with Gasteiger partial charge in [-0.05, 0) is 24.3 Å². The molecule has 0 aliphatic carbocycles. The largest absolute Gasteiger partial charge is 0.343 e. The highest BCUT2D eigenvalue weighted by molar-refractivity contribution is 7.92. The van der Waals surface area contributed by atoms with Crippen LogP contribution in [0.5, 0.6) is 0 Å². The van der Waals surface area contributed by atoms with Crippen LogP contribution in [0, 0.1) is 0 Å². The summed E-state index contributed by atoms with van der Waals surface area (Å²) in [6.07, 6.45) is 0.884. The number of carbonyl (C=O) groups is 2. The molecule has 0 aliphatic heterocycles. The monoisotopic (exact) mass is 333 g/mol. The molecule has 0 spiro atoms. The standard InChI is InChI=1S/C15H15N3O4S/c1-23(21,22)18(13-10-6-3-7-11-13)15(20)17-14(19)16-12-8-4-2-5-9-12/h2-11H,1H3,(H2,16,17,19,20). The molecule has 7 nitrogen and oxygen atoms in total. The van der Waals surface area contributed by atoms with Crippen LogP contribution in [0.15, 0.2) is 60.7 Å². The minimum atomic E-state index is -3.89. The summed E-state index contributed by atoms with van der Waals surface area (Å²) in [6.45, 7) is 0. The van der Waals surface area contributed by atoms with Gasteiger partial charge in [0.1, 0.15) is 0 Å². The quantitative estimate of drug-likeness (QED) is 0.901. The van der Waals surface area contributed by atoms with Gasteiger partial charge in [-0.25, -0.2) is 18.0 Å². The maximum atomic E-state index is 12.2. The molecule has 120 valence electrons. The van der Waals surface area contributed by atoms with E-state index < -0.39 is 22.1 Å². The lowest BCUT2D eigenvalue weighted by Crippen LogP contribution is -2.47. The van der Waals surface area contributed by atoms with Crippen LogP contribution in [0.4, 0.5) is 21.0 Å². The summed E-state index contributed by atoms with van der Waals surface area (Å²) in [5, 5.41) is 4.43. The summed E-state index contributed by atoms with van der Waals surface area (Å²) in [6, 6.07) is 14.3. The number of sulfonamides is 1. The van der Waals surface area contributed by atoms with Gasteiger partial charge in [0.25, 0.3) is 0 Å². The van der Waals surface area contributed by atoms with Gasteiger partial charge < -0.3 is 5.32 Å². The minimum absolute atomic E-state index is 0.139. The number of hydrogen-bond acceptors (Lipinski definition) is 4. The highest BCUT2D eigenvalue weighted by atomic mass is 32.2. The van der Waals surface area contributed by atoms with Crippen LogP contribution in [0.2, 0.25) is 0 Å². The van der Waals surface area contributed by atoms with E-state index in [4.69, 9.17) is 0 Å². The first kappa shape index (κ1) is 16.5. The van der Waals surface area contributed by atoms with Crippen molar-refractivity contribution in [1.29, 1.82) is 0 Å². The fourth-order valence-electron chi connectivity index (χ4n) is 1.85. The Hall–Kier alpha value is -2.87. The van der Waals surface area contributed by atoms with Gasteiger partial charge >= 0.3 is 12.1 Å². The molecule has 4 amide bonds. The number of hydrogen-bond donors (Lipinski definition) is 2. The smallest absolute Gasteiger partial charge is 0.308 e. The molecule has 0 radical (unpaired) electrons. The number of para-hydroxylation sites is 2. The molecule has 8 heteroatoms. The third kappa shape index (κ3) is 4.55. The highest BCUT2D eigenvalue weighted by Gasteiger charge is 2.26. The van der Waals surface area contributed by atoms with Crippen LogP contribution in [-0.2, 0) is 10.0 Å². The molecule has 23 heavy (non-hydrogen) atoms. The van der Waals surface area contributed by atoms with Crippen LogP contribution in [0.3, 0.4) is 0 Å². The van der Waals surface area contributed by atoms with E-state index in [1.165, 1.54) is 12.1 Å². The Morgan fingerprint density at radius 2 is 1.43 bits per heavy atom. The predicted molar refractivity (Wildman–Crippen MR) is 87.8 cm³/mol. The molecule has 0 atom stereocenters. The molecule has 2 N–H and O–H groups in total. The number of benzene rings is 2. The van der Waals surface area contributed by atoms with Crippen LogP contribution >= 0.6 is 0 Å². The van der Waals surface area contributed by atoms with Crippen molar-refractivity contribution in [2.24, 2.45) is 0 Å². The van der Waals surface area contributed by atoms with Crippen molar-refractivity contribution < 1.29 is 18.0 Å². The van der Waals surface area contributed by atoms with Gasteiger partial charge in [0.15, 0.2) is 0 Å². The first-order valence-electron chi connectivity index (χ1n) is 6.60. The molecule has 2 aromatic rings. The summed E-state index contributed by atoms with van der Waals surface area (Å²) in [7, 11) is -3.89. The number of nitrogens with zero attached hydrogens (tertiary/aromatic N) is 1. The molecule has 0 heterocycles. The number of amides is 4. The number of imide groups is 1. The van der Waals surface area contributed by atoms with Crippen LogP contribution in [0.25, 0.3) is 0 Å². The lowest BCUT2D eigenvalue weighted by molar-refractivity contribution is 0.238. The van der Waals surface area contributed by atoms with Crippen molar-refractivity contribution in [3.63, 3.8) is 0 Å². The Bertz CT molecular complexity index is 792. The van der Waals surface area contributed by atoms with Crippen molar-refractivity contribution in [3.05, 3.63) is 60.7 Å². The molecule has 0 saturated heterocycles. The maximum Gasteiger partial charge on any atom is 0.343 e. The van der Waals surface area contributed by atoms with E-state index in [2.05, 4.69) is 5.32 Å². The second-order valence-corrected chi connectivity index (χ2v) is 6.44. The summed E-state index contributed by atoms with van der Waals surface area (Å²) in [5.41, 5.74) is 0.614. The highest BCUT2D eigenvalue weighted by Crippen LogP contribution is 2.16. The van der Waals surface area contributed by atoms with Gasteiger partial charge in [0, 0.05) is 5.69 Å². The first-order valence-corrected chi connectivity index (χ1v) is 8.45. The van der Waals surface area contributed by atoms with Gasteiger partial charge in [-0.2, -0.15) is 4.31 Å². The summed E-state index contributed by atoms with van der Waals surface area (Å²) in [5.74, 6) is 0. The van der Waals surface area contributed by atoms with E-state index in [1.807, 2.05) is 5.32 Å². The molecule has 2 aromatic carbocycles. The zero-order valence-corrected chi connectivity index (χ0v) is 13.1. The summed E-state index contributed by atoms with van der Waals surface area (Å²) < 4.78 is 24.2. The molecule has 0 fully saturated rings. The molecule has 0 aromatic heterocycles. The number of nitrogens with one attached hydrogen (secondary N) is 2. The van der Waals surface area contributed by atoms with Crippen molar-refractivity contribution >= 4 is 33.5 Å². The first-order chi connectivity index (χ1) is 10.9. The average molecular weight is 333 g/mol. The van der Waals surface area contributed by atoms with E-state index in [0.717, 1.165) is 6.26 Å². The Labute approximate surface area is 134 Å².